The molecule has 4 nitrogen and oxygen atoms in total. The molecule has 0 fully saturated rings. The molecule has 0 spiro atoms. The van der Waals surface area contributed by atoms with Gasteiger partial charge in [-0.25, -0.2) is 9.97 Å². The van der Waals surface area contributed by atoms with Crippen LogP contribution in [0.15, 0.2) is 36.8 Å². The van der Waals surface area contributed by atoms with Crippen LogP contribution in [0.3, 0.4) is 0 Å². The van der Waals surface area contributed by atoms with Crippen molar-refractivity contribution in [1.29, 1.82) is 0 Å². The van der Waals surface area contributed by atoms with Gasteiger partial charge in [0.2, 0.25) is 0 Å². The van der Waals surface area contributed by atoms with Crippen molar-refractivity contribution in [1.82, 2.24) is 14.5 Å². The number of fused-ring (bicyclic) bond motifs is 1. The Morgan fingerprint density at radius 3 is 2.81 bits per heavy atom. The van der Waals surface area contributed by atoms with Crippen molar-refractivity contribution in [3.8, 4) is 11.4 Å². The monoisotopic (exact) mass is 281 g/mol. The lowest BCUT2D eigenvalue weighted by Crippen LogP contribution is -1.96. The Morgan fingerprint density at radius 1 is 1.24 bits per heavy atom. The first-order valence-corrected chi connectivity index (χ1v) is 7.25. The Hall–Kier alpha value is -2.20. The molecule has 0 amide bonds. The van der Waals surface area contributed by atoms with Gasteiger partial charge in [-0.05, 0) is 37.5 Å². The minimum absolute atomic E-state index is 0.133. The second-order valence-corrected chi connectivity index (χ2v) is 5.20. The maximum atomic E-state index is 9.23. The van der Waals surface area contributed by atoms with E-state index in [2.05, 4.69) is 31.0 Å². The molecule has 4 heteroatoms. The lowest BCUT2D eigenvalue weighted by Gasteiger charge is -2.09. The predicted molar refractivity (Wildman–Crippen MR) is 84.2 cm³/mol. The van der Waals surface area contributed by atoms with Crippen molar-refractivity contribution < 1.29 is 5.11 Å². The van der Waals surface area contributed by atoms with Gasteiger partial charge in [0, 0.05) is 24.7 Å². The highest BCUT2D eigenvalue weighted by molar-refractivity contribution is 5.87. The summed E-state index contributed by atoms with van der Waals surface area (Å²) in [5.41, 5.74) is 5.00. The molecule has 1 N–H and O–H groups in total. The number of hydrogen-bond donors (Lipinski definition) is 1. The molecule has 21 heavy (non-hydrogen) atoms. The summed E-state index contributed by atoms with van der Waals surface area (Å²) in [6.07, 6.45) is 4.47. The van der Waals surface area contributed by atoms with Crippen LogP contribution in [0, 0.1) is 6.92 Å². The Labute approximate surface area is 124 Å². The second-order valence-electron chi connectivity index (χ2n) is 5.20. The van der Waals surface area contributed by atoms with Gasteiger partial charge in [0.25, 0.3) is 0 Å². The fraction of sp³-hybridized carbons (Fsp3) is 0.294. The minimum Gasteiger partial charge on any atom is -0.396 e. The van der Waals surface area contributed by atoms with Crippen LogP contribution >= 0.6 is 0 Å². The fourth-order valence-corrected chi connectivity index (χ4v) is 2.60. The molecule has 0 saturated carbocycles. The molecule has 0 radical (unpaired) electrons. The first-order valence-electron chi connectivity index (χ1n) is 7.25. The number of aromatic nitrogens is 3. The Morgan fingerprint density at radius 2 is 2.10 bits per heavy atom. The van der Waals surface area contributed by atoms with Gasteiger partial charge in [-0.1, -0.05) is 18.2 Å². The van der Waals surface area contributed by atoms with Crippen LogP contribution in [-0.2, 0) is 13.0 Å². The molecule has 2 heterocycles. The maximum Gasteiger partial charge on any atom is 0.107 e. The van der Waals surface area contributed by atoms with Crippen molar-refractivity contribution >= 4 is 10.9 Å². The van der Waals surface area contributed by atoms with Gasteiger partial charge in [-0.2, -0.15) is 0 Å². The van der Waals surface area contributed by atoms with Crippen molar-refractivity contribution in [3.63, 3.8) is 0 Å². The summed E-state index contributed by atoms with van der Waals surface area (Å²) in [6, 6.07) is 8.20. The van der Waals surface area contributed by atoms with Crippen LogP contribution in [-0.4, -0.2) is 26.2 Å². The van der Waals surface area contributed by atoms with Crippen molar-refractivity contribution in [2.75, 3.05) is 6.61 Å². The highest BCUT2D eigenvalue weighted by atomic mass is 16.2. The molecule has 0 aliphatic heterocycles. The summed E-state index contributed by atoms with van der Waals surface area (Å²) in [6.45, 7) is 5.21. The predicted octanol–water partition coefficient (Wildman–Crippen LogP) is 2.96. The number of para-hydroxylation sites is 1. The van der Waals surface area contributed by atoms with Gasteiger partial charge in [-0.3, -0.25) is 0 Å². The van der Waals surface area contributed by atoms with Crippen LogP contribution in [0.4, 0.5) is 0 Å². The van der Waals surface area contributed by atoms with Gasteiger partial charge >= 0.3 is 0 Å². The van der Waals surface area contributed by atoms with E-state index in [0.29, 0.717) is 6.42 Å². The zero-order chi connectivity index (χ0) is 14.8. The Kier molecular flexibility index (Phi) is 3.71. The topological polar surface area (TPSA) is 50.9 Å². The molecule has 0 aliphatic carbocycles. The van der Waals surface area contributed by atoms with E-state index >= 15 is 0 Å². The normalized spacial score (nSPS) is 11.2. The number of aryl methyl sites for hydroxylation is 2. The summed E-state index contributed by atoms with van der Waals surface area (Å²) in [4.78, 5) is 9.22. The number of aliphatic hydroxyl groups excluding tert-OH is 1. The van der Waals surface area contributed by atoms with E-state index < -0.39 is 0 Å². The molecule has 0 saturated heterocycles. The van der Waals surface area contributed by atoms with Gasteiger partial charge in [0.1, 0.15) is 5.69 Å². The Bertz CT molecular complexity index is 777. The summed E-state index contributed by atoms with van der Waals surface area (Å²) in [5.74, 6) is 0. The fourth-order valence-electron chi connectivity index (χ4n) is 2.60. The zero-order valence-corrected chi connectivity index (χ0v) is 12.4. The van der Waals surface area contributed by atoms with E-state index in [1.165, 1.54) is 5.56 Å². The largest absolute Gasteiger partial charge is 0.396 e. The first-order chi connectivity index (χ1) is 10.2. The van der Waals surface area contributed by atoms with Crippen LogP contribution in [0.25, 0.3) is 22.3 Å². The second kappa shape index (κ2) is 5.66. The average molecular weight is 281 g/mol. The summed E-state index contributed by atoms with van der Waals surface area (Å²) < 4.78 is 2.04. The van der Waals surface area contributed by atoms with Crippen LogP contribution in [0.5, 0.6) is 0 Å². The molecule has 0 bridgehead atoms. The third-order valence-corrected chi connectivity index (χ3v) is 3.77. The highest BCUT2D eigenvalue weighted by Gasteiger charge is 2.10. The third-order valence-electron chi connectivity index (χ3n) is 3.77. The molecule has 1 aromatic carbocycles. The molecule has 108 valence electrons. The summed E-state index contributed by atoms with van der Waals surface area (Å²) in [5, 5.41) is 10.4. The van der Waals surface area contributed by atoms with E-state index in [9.17, 15) is 5.11 Å². The molecular formula is C17H19N3O. The minimum atomic E-state index is 0.133. The van der Waals surface area contributed by atoms with Crippen molar-refractivity contribution in [2.45, 2.75) is 26.8 Å². The molecule has 0 unspecified atom stereocenters. The van der Waals surface area contributed by atoms with Crippen LogP contribution in [0.1, 0.15) is 18.1 Å². The lowest BCUT2D eigenvalue weighted by molar-refractivity contribution is 0.300. The van der Waals surface area contributed by atoms with E-state index in [1.54, 1.807) is 0 Å². The third kappa shape index (κ3) is 2.54. The molecular weight excluding hydrogens is 262 g/mol. The first kappa shape index (κ1) is 13.8. The summed E-state index contributed by atoms with van der Waals surface area (Å²) >= 11 is 0. The van der Waals surface area contributed by atoms with E-state index in [0.717, 1.165) is 34.4 Å². The molecule has 0 aliphatic rings. The number of pyridine rings is 1. The average Bonchev–Trinajstić information content (AvgIpc) is 2.97. The molecule has 3 aromatic rings. The van der Waals surface area contributed by atoms with Crippen LogP contribution < -0.4 is 0 Å². The molecule has 3 rings (SSSR count). The number of rotatable bonds is 4. The highest BCUT2D eigenvalue weighted by Crippen LogP contribution is 2.25. The number of hydrogen-bond acceptors (Lipinski definition) is 3. The maximum absolute atomic E-state index is 9.23. The smallest absolute Gasteiger partial charge is 0.107 e. The molecule has 2 aromatic heterocycles. The van der Waals surface area contributed by atoms with Crippen molar-refractivity contribution in [2.24, 2.45) is 0 Å². The Balaban J connectivity index is 2.18. The lowest BCUT2D eigenvalue weighted by atomic mass is 10.0. The quantitative estimate of drug-likeness (QED) is 0.800. The van der Waals surface area contributed by atoms with E-state index in [1.807, 2.05) is 29.2 Å². The van der Waals surface area contributed by atoms with E-state index in [4.69, 9.17) is 4.98 Å². The van der Waals surface area contributed by atoms with Crippen molar-refractivity contribution in [3.05, 3.63) is 47.9 Å². The van der Waals surface area contributed by atoms with Gasteiger partial charge < -0.3 is 9.67 Å². The number of benzene rings is 1. The van der Waals surface area contributed by atoms with Gasteiger partial charge in [-0.15, -0.1) is 0 Å². The van der Waals surface area contributed by atoms with Gasteiger partial charge in [0.15, 0.2) is 0 Å². The number of aliphatic hydroxyl groups is 1. The number of imidazole rings is 1. The number of nitrogens with zero attached hydrogens (tertiary/aromatic N) is 3. The summed E-state index contributed by atoms with van der Waals surface area (Å²) in [7, 11) is 0. The SMILES string of the molecule is CCn1cnc(-c2cc(C)c3cccc(CCO)c3n2)c1. The van der Waals surface area contributed by atoms with Crippen LogP contribution in [0.2, 0.25) is 0 Å². The zero-order valence-electron chi connectivity index (χ0n) is 12.4. The van der Waals surface area contributed by atoms with E-state index in [-0.39, 0.29) is 6.61 Å². The van der Waals surface area contributed by atoms with Gasteiger partial charge in [0.05, 0.1) is 17.5 Å². The molecule has 0 atom stereocenters. The standard InChI is InChI=1S/C17H19N3O/c1-3-20-10-16(18-11-20)15-9-12(2)14-6-4-5-13(7-8-21)17(14)19-15/h4-6,9-11,21H,3,7-8H2,1-2H3.